The molecular weight excluding hydrogens is 284 g/mol. The molecule has 2 aromatic rings. The molecule has 0 spiro atoms. The first-order chi connectivity index (χ1) is 8.27. The van der Waals surface area contributed by atoms with Gasteiger partial charge in [-0.3, -0.25) is 9.78 Å². The first-order valence-electron chi connectivity index (χ1n) is 5.57. The highest BCUT2D eigenvalue weighted by molar-refractivity contribution is 9.10. The van der Waals surface area contributed by atoms with Gasteiger partial charge in [0.05, 0.1) is 16.4 Å². The van der Waals surface area contributed by atoms with Gasteiger partial charge in [-0.1, -0.05) is 6.92 Å². The van der Waals surface area contributed by atoms with Gasteiger partial charge < -0.3 is 5.32 Å². The van der Waals surface area contributed by atoms with E-state index in [1.54, 1.807) is 6.20 Å². The summed E-state index contributed by atoms with van der Waals surface area (Å²) in [6.45, 7) is 5.78. The molecule has 17 heavy (non-hydrogen) atoms. The molecule has 0 amide bonds. The largest absolute Gasteiger partial charge is 0.303 e. The molecule has 0 saturated carbocycles. The van der Waals surface area contributed by atoms with Crippen LogP contribution in [0.25, 0.3) is 0 Å². The molecule has 0 fully saturated rings. The van der Waals surface area contributed by atoms with Crippen molar-refractivity contribution in [2.24, 2.45) is 0 Å². The Labute approximate surface area is 108 Å². The fraction of sp³-hybridized carbons (Fsp3) is 0.500. The summed E-state index contributed by atoms with van der Waals surface area (Å²) >= 11 is 3.53. The van der Waals surface area contributed by atoms with Crippen molar-refractivity contribution < 1.29 is 0 Å². The molecule has 2 heterocycles. The quantitative estimate of drug-likeness (QED) is 0.877. The molecule has 0 radical (unpaired) electrons. The lowest BCUT2D eigenvalue weighted by molar-refractivity contribution is 0.524. The molecule has 1 unspecified atom stereocenters. The number of aromatic amines is 1. The maximum atomic E-state index is 4.31. The van der Waals surface area contributed by atoms with Crippen LogP contribution in [0, 0.1) is 0 Å². The molecule has 2 N–H and O–H groups in total. The van der Waals surface area contributed by atoms with Gasteiger partial charge >= 0.3 is 0 Å². The Morgan fingerprint density at radius 2 is 2.35 bits per heavy atom. The fourth-order valence-electron chi connectivity index (χ4n) is 1.79. The molecule has 1 atom stereocenters. The van der Waals surface area contributed by atoms with Crippen molar-refractivity contribution in [3.63, 3.8) is 0 Å². The van der Waals surface area contributed by atoms with Gasteiger partial charge in [0.2, 0.25) is 0 Å². The highest BCUT2D eigenvalue weighted by atomic mass is 79.9. The normalized spacial score (nSPS) is 12.9. The summed E-state index contributed by atoms with van der Waals surface area (Å²) < 4.78 is 2.92. The number of nitrogens with zero attached hydrogens (tertiary/aromatic N) is 4. The minimum atomic E-state index is -0.0284. The van der Waals surface area contributed by atoms with Gasteiger partial charge in [0.15, 0.2) is 0 Å². The SMILES string of the molecule is CCNC(c1ncn[nH]1)c1c(Br)cnn1CC. The van der Waals surface area contributed by atoms with E-state index in [-0.39, 0.29) is 6.04 Å². The van der Waals surface area contributed by atoms with Crippen LogP contribution in [0.15, 0.2) is 17.0 Å². The van der Waals surface area contributed by atoms with Crippen molar-refractivity contribution in [2.75, 3.05) is 6.54 Å². The van der Waals surface area contributed by atoms with Gasteiger partial charge in [-0.05, 0) is 29.4 Å². The van der Waals surface area contributed by atoms with Gasteiger partial charge in [-0.2, -0.15) is 10.2 Å². The van der Waals surface area contributed by atoms with E-state index in [4.69, 9.17) is 0 Å². The smallest absolute Gasteiger partial charge is 0.147 e. The van der Waals surface area contributed by atoms with Gasteiger partial charge in [0, 0.05) is 6.54 Å². The summed E-state index contributed by atoms with van der Waals surface area (Å²) in [6, 6.07) is -0.0284. The molecule has 0 aromatic carbocycles. The number of hydrogen-bond acceptors (Lipinski definition) is 4. The Balaban J connectivity index is 2.42. The van der Waals surface area contributed by atoms with Crippen LogP contribution in [0.3, 0.4) is 0 Å². The Morgan fingerprint density at radius 1 is 1.53 bits per heavy atom. The molecule has 0 aliphatic heterocycles. The number of nitrogens with one attached hydrogen (secondary N) is 2. The second-order valence-corrected chi connectivity index (χ2v) is 4.41. The van der Waals surface area contributed by atoms with Crippen LogP contribution >= 0.6 is 15.9 Å². The lowest BCUT2D eigenvalue weighted by atomic mass is 10.2. The maximum Gasteiger partial charge on any atom is 0.147 e. The highest BCUT2D eigenvalue weighted by Gasteiger charge is 2.22. The molecule has 0 aliphatic rings. The fourth-order valence-corrected chi connectivity index (χ4v) is 2.32. The Morgan fingerprint density at radius 3 is 2.94 bits per heavy atom. The lowest BCUT2D eigenvalue weighted by Gasteiger charge is -2.17. The van der Waals surface area contributed by atoms with Crippen LogP contribution in [-0.4, -0.2) is 31.5 Å². The summed E-state index contributed by atoms with van der Waals surface area (Å²) in [7, 11) is 0. The van der Waals surface area contributed by atoms with E-state index in [9.17, 15) is 0 Å². The highest BCUT2D eigenvalue weighted by Crippen LogP contribution is 2.26. The second-order valence-electron chi connectivity index (χ2n) is 3.55. The van der Waals surface area contributed by atoms with Gasteiger partial charge in [-0.15, -0.1) is 0 Å². The number of rotatable bonds is 5. The Bertz CT molecular complexity index is 463. The van der Waals surface area contributed by atoms with Crippen molar-refractivity contribution in [3.8, 4) is 0 Å². The third-order valence-corrected chi connectivity index (χ3v) is 3.13. The monoisotopic (exact) mass is 298 g/mol. The van der Waals surface area contributed by atoms with E-state index in [1.807, 2.05) is 4.68 Å². The molecular formula is C10H15BrN6. The van der Waals surface area contributed by atoms with E-state index in [1.165, 1.54) is 6.33 Å². The number of aromatic nitrogens is 5. The van der Waals surface area contributed by atoms with Crippen molar-refractivity contribution in [1.82, 2.24) is 30.3 Å². The first kappa shape index (κ1) is 12.3. The number of aryl methyl sites for hydroxylation is 1. The predicted molar refractivity (Wildman–Crippen MR) is 67.5 cm³/mol. The predicted octanol–water partition coefficient (Wildman–Crippen LogP) is 1.48. The number of H-pyrrole nitrogens is 1. The average molecular weight is 299 g/mol. The zero-order chi connectivity index (χ0) is 12.3. The van der Waals surface area contributed by atoms with Crippen LogP contribution < -0.4 is 5.32 Å². The lowest BCUT2D eigenvalue weighted by Crippen LogP contribution is -2.26. The molecule has 0 bridgehead atoms. The standard InChI is InChI=1S/C10H15BrN6/c1-3-12-8(10-13-6-14-16-10)9-7(11)5-15-17(9)4-2/h5-6,8,12H,3-4H2,1-2H3,(H,13,14,16). The van der Waals surface area contributed by atoms with Crippen LogP contribution in [0.1, 0.15) is 31.4 Å². The van der Waals surface area contributed by atoms with Gasteiger partial charge in [0.1, 0.15) is 18.2 Å². The number of hydrogen-bond donors (Lipinski definition) is 2. The topological polar surface area (TPSA) is 71.4 Å². The maximum absolute atomic E-state index is 4.31. The number of halogens is 1. The minimum Gasteiger partial charge on any atom is -0.303 e. The Kier molecular flexibility index (Phi) is 3.90. The summed E-state index contributed by atoms with van der Waals surface area (Å²) in [5.41, 5.74) is 1.06. The van der Waals surface area contributed by atoms with E-state index >= 15 is 0 Å². The van der Waals surface area contributed by atoms with Crippen molar-refractivity contribution in [3.05, 3.63) is 28.5 Å². The van der Waals surface area contributed by atoms with E-state index in [2.05, 4.69) is 55.4 Å². The molecule has 2 rings (SSSR count). The second kappa shape index (κ2) is 5.42. The Hall–Kier alpha value is -1.21. The van der Waals surface area contributed by atoms with Crippen LogP contribution in [0.5, 0.6) is 0 Å². The van der Waals surface area contributed by atoms with Gasteiger partial charge in [-0.25, -0.2) is 4.98 Å². The molecule has 0 saturated heterocycles. The molecule has 7 heteroatoms. The van der Waals surface area contributed by atoms with Crippen LogP contribution in [0.4, 0.5) is 0 Å². The molecule has 92 valence electrons. The van der Waals surface area contributed by atoms with Crippen molar-refractivity contribution in [1.29, 1.82) is 0 Å². The molecule has 2 aromatic heterocycles. The van der Waals surface area contributed by atoms with E-state index in [0.29, 0.717) is 0 Å². The molecule has 0 aliphatic carbocycles. The summed E-state index contributed by atoms with van der Waals surface area (Å²) in [4.78, 5) is 4.22. The third-order valence-electron chi connectivity index (χ3n) is 2.52. The van der Waals surface area contributed by atoms with Crippen molar-refractivity contribution in [2.45, 2.75) is 26.4 Å². The summed E-state index contributed by atoms with van der Waals surface area (Å²) in [6.07, 6.45) is 3.32. The van der Waals surface area contributed by atoms with Crippen LogP contribution in [-0.2, 0) is 6.54 Å². The van der Waals surface area contributed by atoms with E-state index in [0.717, 1.165) is 29.1 Å². The van der Waals surface area contributed by atoms with Crippen LogP contribution in [0.2, 0.25) is 0 Å². The minimum absolute atomic E-state index is 0.0284. The van der Waals surface area contributed by atoms with Crippen molar-refractivity contribution >= 4 is 15.9 Å². The molecule has 6 nitrogen and oxygen atoms in total. The summed E-state index contributed by atoms with van der Waals surface area (Å²) in [5, 5.41) is 14.5. The first-order valence-corrected chi connectivity index (χ1v) is 6.37. The zero-order valence-electron chi connectivity index (χ0n) is 9.81. The third kappa shape index (κ3) is 2.39. The zero-order valence-corrected chi connectivity index (χ0v) is 11.4. The van der Waals surface area contributed by atoms with E-state index < -0.39 is 0 Å². The van der Waals surface area contributed by atoms with Gasteiger partial charge in [0.25, 0.3) is 0 Å². The average Bonchev–Trinajstić information content (AvgIpc) is 2.95. The summed E-state index contributed by atoms with van der Waals surface area (Å²) in [5.74, 6) is 0.794.